The van der Waals surface area contributed by atoms with Crippen molar-refractivity contribution < 1.29 is 22.7 Å². The molecule has 1 N–H and O–H groups in total. The topological polar surface area (TPSA) is 84.9 Å². The summed E-state index contributed by atoms with van der Waals surface area (Å²) < 4.78 is 38.5. The quantitative estimate of drug-likeness (QED) is 0.587. The van der Waals surface area contributed by atoms with Crippen molar-refractivity contribution in [3.8, 4) is 5.75 Å². The van der Waals surface area contributed by atoms with Gasteiger partial charge in [-0.25, -0.2) is 8.42 Å². The van der Waals surface area contributed by atoms with E-state index in [-0.39, 0.29) is 35.7 Å². The lowest BCUT2D eigenvalue weighted by Crippen LogP contribution is -2.45. The van der Waals surface area contributed by atoms with Crippen LogP contribution < -0.4 is 10.1 Å². The van der Waals surface area contributed by atoms with E-state index >= 15 is 0 Å². The third kappa shape index (κ3) is 6.55. The number of nitrogens with zero attached hydrogens (tertiary/aromatic N) is 1. The molecule has 1 atom stereocenters. The average Bonchev–Trinajstić information content (AvgIpc) is 2.71. The van der Waals surface area contributed by atoms with E-state index in [1.165, 1.54) is 11.4 Å². The van der Waals surface area contributed by atoms with Gasteiger partial charge in [0.15, 0.2) is 0 Å². The first-order valence-electron chi connectivity index (χ1n) is 9.75. The number of nitrogens with one attached hydrogen (secondary N) is 1. The summed E-state index contributed by atoms with van der Waals surface area (Å²) >= 11 is 0. The van der Waals surface area contributed by atoms with E-state index in [0.717, 1.165) is 11.1 Å². The molecule has 2 aromatic carbocycles. The van der Waals surface area contributed by atoms with Gasteiger partial charge in [0.2, 0.25) is 15.9 Å². The maximum absolute atomic E-state index is 13.5. The number of benzene rings is 2. The Morgan fingerprint density at radius 2 is 1.83 bits per heavy atom. The summed E-state index contributed by atoms with van der Waals surface area (Å²) in [5.41, 5.74) is 1.78. The van der Waals surface area contributed by atoms with Gasteiger partial charge in [-0.05, 0) is 43.5 Å². The Bertz CT molecular complexity index is 932. The number of carbonyl (C=O) groups is 1. The van der Waals surface area contributed by atoms with Crippen molar-refractivity contribution in [2.75, 3.05) is 33.9 Å². The minimum absolute atomic E-state index is 0.0517. The van der Waals surface area contributed by atoms with Gasteiger partial charge in [-0.3, -0.25) is 4.79 Å². The van der Waals surface area contributed by atoms with Gasteiger partial charge >= 0.3 is 0 Å². The lowest BCUT2D eigenvalue weighted by Gasteiger charge is -2.24. The lowest BCUT2D eigenvalue weighted by molar-refractivity contribution is -0.122. The number of amides is 1. The van der Waals surface area contributed by atoms with Crippen molar-refractivity contribution in [2.45, 2.75) is 31.2 Å². The Morgan fingerprint density at radius 3 is 2.47 bits per heavy atom. The molecule has 0 saturated carbocycles. The highest BCUT2D eigenvalue weighted by atomic mass is 32.2. The van der Waals surface area contributed by atoms with Crippen molar-refractivity contribution in [1.82, 2.24) is 9.62 Å². The van der Waals surface area contributed by atoms with Crippen LogP contribution in [0, 0.1) is 6.92 Å². The molecule has 2 aromatic rings. The lowest BCUT2D eigenvalue weighted by atomic mass is 10.1. The molecule has 0 aliphatic rings. The first-order valence-corrected chi connectivity index (χ1v) is 11.2. The minimum atomic E-state index is -3.96. The molecule has 0 unspecified atom stereocenters. The standard InChI is InChI=1S/C22H30N2O5S/c1-17-10-11-20(29-4)21(14-17)30(26,27)24(13-12-19-8-6-5-7-9-19)15-22(25)23-18(2)16-28-3/h5-11,14,18H,12-13,15-16H2,1-4H3,(H,23,25)/t18-/m1/s1. The van der Waals surface area contributed by atoms with E-state index in [4.69, 9.17) is 9.47 Å². The fourth-order valence-electron chi connectivity index (χ4n) is 3.08. The van der Waals surface area contributed by atoms with Gasteiger partial charge in [0.1, 0.15) is 10.6 Å². The van der Waals surface area contributed by atoms with Crippen LogP contribution in [-0.2, 0) is 26.0 Å². The van der Waals surface area contributed by atoms with Gasteiger partial charge in [0.05, 0.1) is 20.3 Å². The number of hydrogen-bond acceptors (Lipinski definition) is 5. The van der Waals surface area contributed by atoms with E-state index in [1.807, 2.05) is 37.3 Å². The number of carbonyl (C=O) groups excluding carboxylic acids is 1. The fourth-order valence-corrected chi connectivity index (χ4v) is 4.72. The van der Waals surface area contributed by atoms with Crippen molar-refractivity contribution in [1.29, 1.82) is 0 Å². The van der Waals surface area contributed by atoms with Gasteiger partial charge in [-0.2, -0.15) is 4.31 Å². The van der Waals surface area contributed by atoms with Crippen LogP contribution in [0.4, 0.5) is 0 Å². The molecular formula is C22H30N2O5S. The zero-order valence-electron chi connectivity index (χ0n) is 17.9. The summed E-state index contributed by atoms with van der Waals surface area (Å²) in [5.74, 6) is -0.138. The minimum Gasteiger partial charge on any atom is -0.495 e. The molecule has 7 nitrogen and oxygen atoms in total. The van der Waals surface area contributed by atoms with E-state index in [1.54, 1.807) is 32.2 Å². The summed E-state index contributed by atoms with van der Waals surface area (Å²) in [7, 11) is -0.991. The monoisotopic (exact) mass is 434 g/mol. The summed E-state index contributed by atoms with van der Waals surface area (Å²) in [6.45, 7) is 3.82. The van der Waals surface area contributed by atoms with Crippen LogP contribution in [0.5, 0.6) is 5.75 Å². The van der Waals surface area contributed by atoms with Crippen LogP contribution in [0.3, 0.4) is 0 Å². The summed E-state index contributed by atoms with van der Waals surface area (Å²) in [6, 6.07) is 14.3. The van der Waals surface area contributed by atoms with E-state index in [9.17, 15) is 13.2 Å². The molecule has 0 aromatic heterocycles. The average molecular weight is 435 g/mol. The zero-order chi connectivity index (χ0) is 22.1. The van der Waals surface area contributed by atoms with Crippen LogP contribution in [0.2, 0.25) is 0 Å². The number of sulfonamides is 1. The number of aryl methyl sites for hydroxylation is 1. The molecule has 0 spiro atoms. The highest BCUT2D eigenvalue weighted by molar-refractivity contribution is 7.89. The number of ether oxygens (including phenoxy) is 2. The summed E-state index contributed by atoms with van der Waals surface area (Å²) in [4.78, 5) is 12.6. The highest BCUT2D eigenvalue weighted by Gasteiger charge is 2.29. The van der Waals surface area contributed by atoms with Crippen LogP contribution in [0.1, 0.15) is 18.1 Å². The summed E-state index contributed by atoms with van der Waals surface area (Å²) in [5, 5.41) is 2.77. The molecule has 0 aliphatic carbocycles. The Hall–Kier alpha value is -2.42. The molecule has 1 amide bonds. The maximum atomic E-state index is 13.5. The molecule has 0 heterocycles. The number of hydrogen-bond donors (Lipinski definition) is 1. The van der Waals surface area contributed by atoms with E-state index < -0.39 is 10.0 Å². The molecule has 0 bridgehead atoms. The van der Waals surface area contributed by atoms with Crippen molar-refractivity contribution in [2.24, 2.45) is 0 Å². The molecular weight excluding hydrogens is 404 g/mol. The molecule has 164 valence electrons. The third-order valence-corrected chi connectivity index (χ3v) is 6.44. The zero-order valence-corrected chi connectivity index (χ0v) is 18.7. The summed E-state index contributed by atoms with van der Waals surface area (Å²) in [6.07, 6.45) is 0.481. The smallest absolute Gasteiger partial charge is 0.247 e. The van der Waals surface area contributed by atoms with Gasteiger partial charge in [-0.1, -0.05) is 36.4 Å². The Labute approximate surface area is 179 Å². The molecule has 0 saturated heterocycles. The van der Waals surface area contributed by atoms with Crippen molar-refractivity contribution in [3.05, 3.63) is 59.7 Å². The van der Waals surface area contributed by atoms with Crippen molar-refractivity contribution in [3.63, 3.8) is 0 Å². The normalized spacial score (nSPS) is 12.6. The Kier molecular flexibility index (Phi) is 8.83. The second kappa shape index (κ2) is 11.1. The predicted octanol–water partition coefficient (Wildman–Crippen LogP) is 2.39. The van der Waals surface area contributed by atoms with Gasteiger partial charge < -0.3 is 14.8 Å². The maximum Gasteiger partial charge on any atom is 0.247 e. The van der Waals surface area contributed by atoms with Gasteiger partial charge in [0.25, 0.3) is 0 Å². The number of methoxy groups -OCH3 is 2. The predicted molar refractivity (Wildman–Crippen MR) is 116 cm³/mol. The largest absolute Gasteiger partial charge is 0.495 e. The molecule has 30 heavy (non-hydrogen) atoms. The second-order valence-corrected chi connectivity index (χ2v) is 9.06. The van der Waals surface area contributed by atoms with Crippen LogP contribution in [-0.4, -0.2) is 58.6 Å². The fraction of sp³-hybridized carbons (Fsp3) is 0.409. The van der Waals surface area contributed by atoms with Crippen LogP contribution in [0.25, 0.3) is 0 Å². The molecule has 0 fully saturated rings. The van der Waals surface area contributed by atoms with Gasteiger partial charge in [0, 0.05) is 19.7 Å². The number of rotatable bonds is 11. The molecule has 0 radical (unpaired) electrons. The first kappa shape index (κ1) is 23.9. The molecule has 2 rings (SSSR count). The second-order valence-electron chi connectivity index (χ2n) is 7.15. The van der Waals surface area contributed by atoms with Crippen LogP contribution in [0.15, 0.2) is 53.4 Å². The molecule has 8 heteroatoms. The third-order valence-electron chi connectivity index (χ3n) is 4.57. The van der Waals surface area contributed by atoms with Crippen LogP contribution >= 0.6 is 0 Å². The Morgan fingerprint density at radius 1 is 1.13 bits per heavy atom. The van der Waals surface area contributed by atoms with E-state index in [2.05, 4.69) is 5.32 Å². The SMILES string of the molecule is COC[C@@H](C)NC(=O)CN(CCc1ccccc1)S(=O)(=O)c1cc(C)ccc1OC. The van der Waals surface area contributed by atoms with E-state index in [0.29, 0.717) is 13.0 Å². The molecule has 0 aliphatic heterocycles. The highest BCUT2D eigenvalue weighted by Crippen LogP contribution is 2.28. The first-order chi connectivity index (χ1) is 14.3. The van der Waals surface area contributed by atoms with Crippen molar-refractivity contribution >= 4 is 15.9 Å². The van der Waals surface area contributed by atoms with Gasteiger partial charge in [-0.15, -0.1) is 0 Å². The Balaban J connectivity index is 2.31.